The third-order valence-corrected chi connectivity index (χ3v) is 4.49. The molecule has 21 heavy (non-hydrogen) atoms. The number of carbonyl (C=O) groups excluding carboxylic acids is 1. The van der Waals surface area contributed by atoms with Gasteiger partial charge in [0.15, 0.2) is 0 Å². The molecule has 0 atom stereocenters. The van der Waals surface area contributed by atoms with Crippen molar-refractivity contribution in [3.05, 3.63) is 46.8 Å². The van der Waals surface area contributed by atoms with E-state index < -0.39 is 0 Å². The SMILES string of the molecule is CCc1nsc(NC(=O)Cc2ccc3ccoc3c2)c1Cl. The fourth-order valence-corrected chi connectivity index (χ4v) is 3.23. The highest BCUT2D eigenvalue weighted by Crippen LogP contribution is 2.30. The normalized spacial score (nSPS) is 11.0. The number of amides is 1. The van der Waals surface area contributed by atoms with Gasteiger partial charge in [0.25, 0.3) is 0 Å². The molecule has 1 N–H and O–H groups in total. The minimum absolute atomic E-state index is 0.117. The largest absolute Gasteiger partial charge is 0.464 e. The summed E-state index contributed by atoms with van der Waals surface area (Å²) in [7, 11) is 0. The van der Waals surface area contributed by atoms with Crippen LogP contribution in [0.4, 0.5) is 5.00 Å². The predicted octanol–water partition coefficient (Wildman–Crippen LogP) is 4.29. The summed E-state index contributed by atoms with van der Waals surface area (Å²) < 4.78 is 9.54. The van der Waals surface area contributed by atoms with Crippen LogP contribution in [-0.4, -0.2) is 10.3 Å². The first-order chi connectivity index (χ1) is 10.2. The summed E-state index contributed by atoms with van der Waals surface area (Å²) in [6.07, 6.45) is 2.66. The van der Waals surface area contributed by atoms with Crippen LogP contribution in [0.5, 0.6) is 0 Å². The maximum Gasteiger partial charge on any atom is 0.229 e. The molecular formula is C15H13ClN2O2S. The summed E-state index contributed by atoms with van der Waals surface area (Å²) in [4.78, 5) is 12.1. The van der Waals surface area contributed by atoms with Crippen molar-refractivity contribution in [2.24, 2.45) is 0 Å². The lowest BCUT2D eigenvalue weighted by Crippen LogP contribution is -2.13. The van der Waals surface area contributed by atoms with Gasteiger partial charge in [0, 0.05) is 5.39 Å². The second-order valence-corrected chi connectivity index (χ2v) is 5.80. The van der Waals surface area contributed by atoms with Crippen molar-refractivity contribution in [1.82, 2.24) is 4.37 Å². The maximum atomic E-state index is 12.1. The molecule has 2 heterocycles. The molecule has 0 aliphatic rings. The number of carbonyl (C=O) groups is 1. The molecule has 0 saturated heterocycles. The minimum atomic E-state index is -0.117. The number of benzene rings is 1. The van der Waals surface area contributed by atoms with Crippen LogP contribution in [0.25, 0.3) is 11.0 Å². The Morgan fingerprint density at radius 2 is 2.29 bits per heavy atom. The third kappa shape index (κ3) is 2.94. The Labute approximate surface area is 130 Å². The van der Waals surface area contributed by atoms with Crippen molar-refractivity contribution in [2.45, 2.75) is 19.8 Å². The van der Waals surface area contributed by atoms with Crippen LogP contribution in [0.15, 0.2) is 34.9 Å². The van der Waals surface area contributed by atoms with E-state index in [1.807, 2.05) is 31.2 Å². The van der Waals surface area contributed by atoms with Crippen LogP contribution in [0.3, 0.4) is 0 Å². The molecule has 0 spiro atoms. The second kappa shape index (κ2) is 5.87. The van der Waals surface area contributed by atoms with Gasteiger partial charge in [-0.05, 0) is 35.6 Å². The van der Waals surface area contributed by atoms with Crippen molar-refractivity contribution in [2.75, 3.05) is 5.32 Å². The van der Waals surface area contributed by atoms with Crippen LogP contribution >= 0.6 is 23.1 Å². The lowest BCUT2D eigenvalue weighted by Gasteiger charge is -2.03. The molecule has 0 bridgehead atoms. The van der Waals surface area contributed by atoms with Crippen molar-refractivity contribution in [3.8, 4) is 0 Å². The summed E-state index contributed by atoms with van der Waals surface area (Å²) in [6, 6.07) is 7.63. The standard InChI is InChI=1S/C15H13ClN2O2S/c1-2-11-14(16)15(21-18-11)17-13(19)8-9-3-4-10-5-6-20-12(10)7-9/h3-7H,2,8H2,1H3,(H,17,19). The number of rotatable bonds is 4. The highest BCUT2D eigenvalue weighted by molar-refractivity contribution is 7.11. The molecule has 108 valence electrons. The molecule has 3 aromatic rings. The van der Waals surface area contributed by atoms with Gasteiger partial charge in [-0.15, -0.1) is 0 Å². The first kappa shape index (κ1) is 14.1. The monoisotopic (exact) mass is 320 g/mol. The van der Waals surface area contributed by atoms with E-state index in [1.54, 1.807) is 6.26 Å². The lowest BCUT2D eigenvalue weighted by atomic mass is 10.1. The van der Waals surface area contributed by atoms with Gasteiger partial charge in [-0.3, -0.25) is 4.79 Å². The van der Waals surface area contributed by atoms with Gasteiger partial charge in [0.1, 0.15) is 10.6 Å². The van der Waals surface area contributed by atoms with Crippen LogP contribution in [0, 0.1) is 0 Å². The Morgan fingerprint density at radius 3 is 3.05 bits per heavy atom. The van der Waals surface area contributed by atoms with Gasteiger partial charge in [0.05, 0.1) is 23.4 Å². The van der Waals surface area contributed by atoms with Gasteiger partial charge >= 0.3 is 0 Å². The molecule has 2 aromatic heterocycles. The molecule has 6 heteroatoms. The van der Waals surface area contributed by atoms with Crippen LogP contribution in [-0.2, 0) is 17.6 Å². The predicted molar refractivity (Wildman–Crippen MR) is 85.0 cm³/mol. The molecule has 1 aromatic carbocycles. The van der Waals surface area contributed by atoms with E-state index in [-0.39, 0.29) is 12.3 Å². The first-order valence-corrected chi connectivity index (χ1v) is 7.72. The Hall–Kier alpha value is -1.85. The molecule has 0 aliphatic carbocycles. The van der Waals surface area contributed by atoms with Crippen LogP contribution < -0.4 is 5.32 Å². The molecule has 4 nitrogen and oxygen atoms in total. The summed E-state index contributed by atoms with van der Waals surface area (Å²) in [5, 5.41) is 4.98. The van der Waals surface area contributed by atoms with Gasteiger partial charge in [-0.1, -0.05) is 30.7 Å². The van der Waals surface area contributed by atoms with Crippen molar-refractivity contribution < 1.29 is 9.21 Å². The number of nitrogens with one attached hydrogen (secondary N) is 1. The Bertz CT molecular complexity index is 794. The van der Waals surface area contributed by atoms with E-state index in [2.05, 4.69) is 9.69 Å². The lowest BCUT2D eigenvalue weighted by molar-refractivity contribution is -0.115. The average molecular weight is 321 g/mol. The Balaban J connectivity index is 1.72. The number of aromatic nitrogens is 1. The highest BCUT2D eigenvalue weighted by atomic mass is 35.5. The van der Waals surface area contributed by atoms with E-state index in [0.717, 1.165) is 28.6 Å². The minimum Gasteiger partial charge on any atom is -0.464 e. The average Bonchev–Trinajstić information content (AvgIpc) is 3.06. The molecule has 0 unspecified atom stereocenters. The number of aryl methyl sites for hydroxylation is 1. The zero-order valence-corrected chi connectivity index (χ0v) is 12.9. The van der Waals surface area contributed by atoms with E-state index >= 15 is 0 Å². The second-order valence-electron chi connectivity index (χ2n) is 4.64. The zero-order chi connectivity index (χ0) is 14.8. The molecule has 1 amide bonds. The summed E-state index contributed by atoms with van der Waals surface area (Å²) >= 11 is 7.36. The van der Waals surface area contributed by atoms with Gasteiger partial charge in [-0.2, -0.15) is 4.37 Å². The number of hydrogen-bond donors (Lipinski definition) is 1. The molecule has 3 rings (SSSR count). The number of nitrogens with zero attached hydrogens (tertiary/aromatic N) is 1. The molecular weight excluding hydrogens is 308 g/mol. The van der Waals surface area contributed by atoms with Crippen molar-refractivity contribution in [1.29, 1.82) is 0 Å². The van der Waals surface area contributed by atoms with Crippen molar-refractivity contribution >= 4 is 45.0 Å². The Morgan fingerprint density at radius 1 is 1.43 bits per heavy atom. The van der Waals surface area contributed by atoms with Crippen LogP contribution in [0.1, 0.15) is 18.2 Å². The topological polar surface area (TPSA) is 55.1 Å². The number of furan rings is 1. The fourth-order valence-electron chi connectivity index (χ4n) is 2.07. The maximum absolute atomic E-state index is 12.1. The third-order valence-electron chi connectivity index (χ3n) is 3.17. The summed E-state index contributed by atoms with van der Waals surface area (Å²) in [5.41, 5.74) is 2.49. The van der Waals surface area contributed by atoms with E-state index in [0.29, 0.717) is 10.0 Å². The smallest absolute Gasteiger partial charge is 0.229 e. The summed E-state index contributed by atoms with van der Waals surface area (Å²) in [5.74, 6) is -0.117. The fraction of sp³-hybridized carbons (Fsp3) is 0.200. The molecule has 0 radical (unpaired) electrons. The zero-order valence-electron chi connectivity index (χ0n) is 11.4. The first-order valence-electron chi connectivity index (χ1n) is 6.57. The molecule has 0 fully saturated rings. The van der Waals surface area contributed by atoms with E-state index in [1.165, 1.54) is 11.5 Å². The number of anilines is 1. The number of hydrogen-bond acceptors (Lipinski definition) is 4. The number of halogens is 1. The van der Waals surface area contributed by atoms with E-state index in [4.69, 9.17) is 16.0 Å². The molecule has 0 saturated carbocycles. The van der Waals surface area contributed by atoms with Crippen LogP contribution in [0.2, 0.25) is 5.02 Å². The highest BCUT2D eigenvalue weighted by Gasteiger charge is 2.13. The van der Waals surface area contributed by atoms with Gasteiger partial charge in [-0.25, -0.2) is 0 Å². The number of fused-ring (bicyclic) bond motifs is 1. The van der Waals surface area contributed by atoms with Crippen molar-refractivity contribution in [3.63, 3.8) is 0 Å². The van der Waals surface area contributed by atoms with Gasteiger partial charge in [0.2, 0.25) is 5.91 Å². The Kier molecular flexibility index (Phi) is 3.94. The van der Waals surface area contributed by atoms with Gasteiger partial charge < -0.3 is 9.73 Å². The summed E-state index contributed by atoms with van der Waals surface area (Å²) in [6.45, 7) is 1.98. The van der Waals surface area contributed by atoms with E-state index in [9.17, 15) is 4.79 Å². The quantitative estimate of drug-likeness (QED) is 0.780. The molecule has 0 aliphatic heterocycles.